The summed E-state index contributed by atoms with van der Waals surface area (Å²) < 4.78 is 0. The highest BCUT2D eigenvalue weighted by atomic mass is 17.2. The summed E-state index contributed by atoms with van der Waals surface area (Å²) in [7, 11) is 1.28. The minimum atomic E-state index is -0.433. The first-order valence-electron chi connectivity index (χ1n) is 2.51. The van der Waals surface area contributed by atoms with Crippen LogP contribution in [0.3, 0.4) is 0 Å². The van der Waals surface area contributed by atoms with Crippen LogP contribution in [-0.4, -0.2) is 24.8 Å². The van der Waals surface area contributed by atoms with Crippen LogP contribution in [-0.2, 0) is 14.6 Å². The minimum absolute atomic E-state index is 0.250. The molecule has 1 N–H and O–H groups in total. The first kappa shape index (κ1) is 11.2. The zero-order valence-corrected chi connectivity index (χ0v) is 5.88. The number of rotatable bonds is 1. The van der Waals surface area contributed by atoms with Gasteiger partial charge in [-0.05, 0) is 6.92 Å². The van der Waals surface area contributed by atoms with E-state index >= 15 is 0 Å². The van der Waals surface area contributed by atoms with E-state index in [2.05, 4.69) is 9.78 Å². The molecule has 0 saturated carbocycles. The Bertz CT molecular complexity index is 62.0. The van der Waals surface area contributed by atoms with Gasteiger partial charge >= 0.3 is 5.97 Å². The first-order chi connectivity index (χ1) is 4.18. The van der Waals surface area contributed by atoms with Crippen LogP contribution in [0.4, 0.5) is 0 Å². The van der Waals surface area contributed by atoms with E-state index in [-0.39, 0.29) is 6.61 Å². The maximum atomic E-state index is 9.70. The number of hydrogen-bond acceptors (Lipinski definition) is 4. The molecule has 0 saturated heterocycles. The van der Waals surface area contributed by atoms with Crippen molar-refractivity contribution in [3.8, 4) is 0 Å². The van der Waals surface area contributed by atoms with Crippen molar-refractivity contribution in [3.05, 3.63) is 0 Å². The summed E-state index contributed by atoms with van der Waals surface area (Å²) in [5, 5.41) is 7.57. The molecule has 0 aliphatic rings. The molecule has 0 spiro atoms. The highest BCUT2D eigenvalue weighted by Gasteiger charge is 1.83. The van der Waals surface area contributed by atoms with Crippen molar-refractivity contribution in [1.82, 2.24) is 0 Å². The second-order valence-electron chi connectivity index (χ2n) is 1.06. The molecule has 0 aromatic heterocycles. The van der Waals surface area contributed by atoms with Crippen LogP contribution in [0.2, 0.25) is 0 Å². The standard InChI is InChI=1S/C3H6O3.C2H6O/c1-3(4)6-5-2;1-2-3/h1-2H3;3H,2H2,1H3. The molecule has 4 nitrogen and oxygen atoms in total. The summed E-state index contributed by atoms with van der Waals surface area (Å²) in [4.78, 5) is 17.6. The lowest BCUT2D eigenvalue weighted by molar-refractivity contribution is -0.252. The third kappa shape index (κ3) is 37.6. The van der Waals surface area contributed by atoms with Gasteiger partial charge in [0.2, 0.25) is 0 Å². The van der Waals surface area contributed by atoms with Gasteiger partial charge in [0, 0.05) is 13.5 Å². The third-order valence-electron chi connectivity index (χ3n) is 0.201. The van der Waals surface area contributed by atoms with Crippen LogP contribution in [0.1, 0.15) is 13.8 Å². The summed E-state index contributed by atoms with van der Waals surface area (Å²) in [6, 6.07) is 0. The summed E-state index contributed by atoms with van der Waals surface area (Å²) in [5.41, 5.74) is 0. The SMILES string of the molecule is CCO.COOC(C)=O. The molecule has 0 aliphatic carbocycles. The zero-order valence-electron chi connectivity index (χ0n) is 5.88. The Hall–Kier alpha value is -0.610. The quantitative estimate of drug-likeness (QED) is 0.410. The summed E-state index contributed by atoms with van der Waals surface area (Å²) in [6.45, 7) is 3.20. The van der Waals surface area contributed by atoms with Crippen LogP contribution in [0.15, 0.2) is 0 Å². The zero-order chi connectivity index (χ0) is 7.70. The Balaban J connectivity index is 0. The van der Waals surface area contributed by atoms with Gasteiger partial charge in [-0.15, -0.1) is 0 Å². The predicted molar refractivity (Wildman–Crippen MR) is 31.5 cm³/mol. The van der Waals surface area contributed by atoms with E-state index < -0.39 is 5.97 Å². The van der Waals surface area contributed by atoms with E-state index in [0.717, 1.165) is 0 Å². The molecule has 0 radical (unpaired) electrons. The second kappa shape index (κ2) is 10.4. The molecule has 4 heteroatoms. The van der Waals surface area contributed by atoms with E-state index in [9.17, 15) is 4.79 Å². The number of aliphatic hydroxyl groups is 1. The molecule has 0 fully saturated rings. The fourth-order valence-electron chi connectivity index (χ4n) is 0.117. The Labute approximate surface area is 54.3 Å². The highest BCUT2D eigenvalue weighted by molar-refractivity contribution is 5.65. The van der Waals surface area contributed by atoms with E-state index in [4.69, 9.17) is 5.11 Å². The normalized spacial score (nSPS) is 7.11. The van der Waals surface area contributed by atoms with Gasteiger partial charge in [-0.3, -0.25) is 4.89 Å². The van der Waals surface area contributed by atoms with Gasteiger partial charge in [-0.2, -0.15) is 4.89 Å². The molecule has 0 bridgehead atoms. The molecule has 0 rings (SSSR count). The number of carbonyl (C=O) groups is 1. The third-order valence-corrected chi connectivity index (χ3v) is 0.201. The molecule has 0 aliphatic heterocycles. The number of carbonyl (C=O) groups excluding carboxylic acids is 1. The van der Waals surface area contributed by atoms with Crippen molar-refractivity contribution in [2.24, 2.45) is 0 Å². The molecule has 0 amide bonds. The number of hydrogen-bond donors (Lipinski definition) is 1. The van der Waals surface area contributed by atoms with E-state index in [1.165, 1.54) is 14.0 Å². The van der Waals surface area contributed by atoms with Crippen molar-refractivity contribution in [2.45, 2.75) is 13.8 Å². The van der Waals surface area contributed by atoms with Gasteiger partial charge in [0.05, 0.1) is 7.11 Å². The second-order valence-corrected chi connectivity index (χ2v) is 1.06. The average molecular weight is 136 g/mol. The summed E-state index contributed by atoms with van der Waals surface area (Å²) in [6.07, 6.45) is 0. The van der Waals surface area contributed by atoms with Gasteiger partial charge in [-0.25, -0.2) is 4.79 Å². The van der Waals surface area contributed by atoms with Crippen molar-refractivity contribution >= 4 is 5.97 Å². The smallest absolute Gasteiger partial charge is 0.339 e. The van der Waals surface area contributed by atoms with E-state index in [1.807, 2.05) is 0 Å². The fourth-order valence-corrected chi connectivity index (χ4v) is 0.117. The van der Waals surface area contributed by atoms with Crippen LogP contribution in [0, 0.1) is 0 Å². The van der Waals surface area contributed by atoms with Gasteiger partial charge in [0.1, 0.15) is 0 Å². The first-order valence-corrected chi connectivity index (χ1v) is 2.51. The Morgan fingerprint density at radius 2 is 2.00 bits per heavy atom. The molecular weight excluding hydrogens is 124 g/mol. The van der Waals surface area contributed by atoms with Gasteiger partial charge < -0.3 is 5.11 Å². The molecular formula is C5H12O4. The lowest BCUT2D eigenvalue weighted by atomic mass is 10.8. The molecule has 0 heterocycles. The predicted octanol–water partition coefficient (Wildman–Crippen LogP) is 0.109. The van der Waals surface area contributed by atoms with Crippen LogP contribution in [0.5, 0.6) is 0 Å². The minimum Gasteiger partial charge on any atom is -0.397 e. The van der Waals surface area contributed by atoms with Crippen LogP contribution in [0.25, 0.3) is 0 Å². The molecule has 56 valence electrons. The largest absolute Gasteiger partial charge is 0.397 e. The Morgan fingerprint density at radius 3 is 2.00 bits per heavy atom. The molecule has 0 unspecified atom stereocenters. The van der Waals surface area contributed by atoms with Crippen LogP contribution >= 0.6 is 0 Å². The monoisotopic (exact) mass is 136 g/mol. The maximum Gasteiger partial charge on any atom is 0.339 e. The Morgan fingerprint density at radius 1 is 1.67 bits per heavy atom. The Kier molecular flexibility index (Phi) is 13.0. The van der Waals surface area contributed by atoms with Gasteiger partial charge in [-0.1, -0.05) is 0 Å². The average Bonchev–Trinajstić information content (AvgIpc) is 1.67. The molecule has 0 aromatic carbocycles. The fraction of sp³-hybridized carbons (Fsp3) is 0.800. The molecule has 0 atom stereocenters. The maximum absolute atomic E-state index is 9.70. The van der Waals surface area contributed by atoms with Crippen molar-refractivity contribution in [3.63, 3.8) is 0 Å². The number of aliphatic hydroxyl groups excluding tert-OH is 1. The van der Waals surface area contributed by atoms with E-state index in [1.54, 1.807) is 6.92 Å². The lowest BCUT2D eigenvalue weighted by Crippen LogP contribution is -1.94. The van der Waals surface area contributed by atoms with Crippen molar-refractivity contribution in [1.29, 1.82) is 0 Å². The van der Waals surface area contributed by atoms with Crippen LogP contribution < -0.4 is 0 Å². The highest BCUT2D eigenvalue weighted by Crippen LogP contribution is 1.69. The van der Waals surface area contributed by atoms with Crippen molar-refractivity contribution in [2.75, 3.05) is 13.7 Å². The summed E-state index contributed by atoms with van der Waals surface area (Å²) >= 11 is 0. The topological polar surface area (TPSA) is 55.8 Å². The molecule has 9 heavy (non-hydrogen) atoms. The van der Waals surface area contributed by atoms with Crippen molar-refractivity contribution < 1.29 is 19.7 Å². The lowest BCUT2D eigenvalue weighted by Gasteiger charge is -1.87. The van der Waals surface area contributed by atoms with Gasteiger partial charge in [0.15, 0.2) is 0 Å². The van der Waals surface area contributed by atoms with E-state index in [0.29, 0.717) is 0 Å². The van der Waals surface area contributed by atoms with Gasteiger partial charge in [0.25, 0.3) is 0 Å². The summed E-state index contributed by atoms with van der Waals surface area (Å²) in [5.74, 6) is -0.433. The molecule has 0 aromatic rings.